The van der Waals surface area contributed by atoms with Crippen molar-refractivity contribution in [2.45, 2.75) is 19.7 Å². The maximum Gasteiger partial charge on any atom is 0.157 e. The predicted octanol–water partition coefficient (Wildman–Crippen LogP) is 3.18. The molecule has 3 rings (SSSR count). The molecular formula is C17H18NO2S+. The van der Waals surface area contributed by atoms with Crippen LogP contribution in [0.1, 0.15) is 16.2 Å². The van der Waals surface area contributed by atoms with Gasteiger partial charge in [0.05, 0.1) is 6.26 Å². The van der Waals surface area contributed by atoms with Crippen molar-refractivity contribution >= 4 is 11.3 Å². The van der Waals surface area contributed by atoms with Crippen molar-refractivity contribution in [3.8, 4) is 5.75 Å². The van der Waals surface area contributed by atoms with Gasteiger partial charge in [0.1, 0.15) is 25.4 Å². The minimum Gasteiger partial charge on any atom is -0.488 e. The van der Waals surface area contributed by atoms with Crippen LogP contribution in [-0.4, -0.2) is 0 Å². The Hall–Kier alpha value is -2.04. The molecule has 4 heteroatoms. The first kappa shape index (κ1) is 13.9. The van der Waals surface area contributed by atoms with Crippen LogP contribution in [0.15, 0.2) is 64.6 Å². The summed E-state index contributed by atoms with van der Waals surface area (Å²) in [5.41, 5.74) is 1.28. The van der Waals surface area contributed by atoms with Crippen LogP contribution in [0.3, 0.4) is 0 Å². The van der Waals surface area contributed by atoms with E-state index in [-0.39, 0.29) is 0 Å². The quantitative estimate of drug-likeness (QED) is 0.728. The van der Waals surface area contributed by atoms with E-state index in [1.54, 1.807) is 17.6 Å². The molecule has 0 aliphatic carbocycles. The van der Waals surface area contributed by atoms with Crippen molar-refractivity contribution in [2.75, 3.05) is 0 Å². The molecule has 2 aromatic heterocycles. The molecule has 108 valence electrons. The van der Waals surface area contributed by atoms with E-state index >= 15 is 0 Å². The molecule has 2 N–H and O–H groups in total. The third-order valence-electron chi connectivity index (χ3n) is 3.19. The van der Waals surface area contributed by atoms with Crippen LogP contribution >= 0.6 is 11.3 Å². The molecule has 0 atom stereocenters. The van der Waals surface area contributed by atoms with Crippen molar-refractivity contribution in [3.63, 3.8) is 0 Å². The smallest absolute Gasteiger partial charge is 0.157 e. The summed E-state index contributed by atoms with van der Waals surface area (Å²) >= 11 is 1.72. The third-order valence-corrected chi connectivity index (χ3v) is 4.04. The van der Waals surface area contributed by atoms with Gasteiger partial charge >= 0.3 is 0 Å². The fourth-order valence-electron chi connectivity index (χ4n) is 2.08. The maximum absolute atomic E-state index is 5.75. The number of quaternary nitrogens is 1. The summed E-state index contributed by atoms with van der Waals surface area (Å²) in [5.74, 6) is 1.92. The highest BCUT2D eigenvalue weighted by molar-refractivity contribution is 7.09. The second kappa shape index (κ2) is 7.11. The highest BCUT2D eigenvalue weighted by Gasteiger charge is 2.01. The topological polar surface area (TPSA) is 39.0 Å². The molecule has 0 amide bonds. The summed E-state index contributed by atoms with van der Waals surface area (Å²) in [5, 5.41) is 4.29. The van der Waals surface area contributed by atoms with Gasteiger partial charge in [-0.1, -0.05) is 6.07 Å². The number of hydrogen-bond donors (Lipinski definition) is 1. The zero-order chi connectivity index (χ0) is 14.3. The Kier molecular flexibility index (Phi) is 4.71. The van der Waals surface area contributed by atoms with Gasteiger partial charge in [-0.2, -0.15) is 0 Å². The monoisotopic (exact) mass is 300 g/mol. The molecule has 21 heavy (non-hydrogen) atoms. The zero-order valence-electron chi connectivity index (χ0n) is 11.7. The second-order valence-electron chi connectivity index (χ2n) is 4.79. The summed E-state index contributed by atoms with van der Waals surface area (Å²) in [7, 11) is 0. The Morgan fingerprint density at radius 2 is 1.90 bits per heavy atom. The van der Waals surface area contributed by atoms with Crippen molar-refractivity contribution < 1.29 is 14.5 Å². The average molecular weight is 300 g/mol. The lowest BCUT2D eigenvalue weighted by molar-refractivity contribution is -0.687. The van der Waals surface area contributed by atoms with Gasteiger partial charge in [-0.05, 0) is 47.8 Å². The van der Waals surface area contributed by atoms with Crippen molar-refractivity contribution in [1.82, 2.24) is 0 Å². The third kappa shape index (κ3) is 4.21. The summed E-state index contributed by atoms with van der Waals surface area (Å²) in [6.45, 7) is 2.44. The molecule has 0 saturated carbocycles. The molecule has 0 radical (unpaired) electrons. The van der Waals surface area contributed by atoms with Crippen LogP contribution in [0.2, 0.25) is 0 Å². The van der Waals surface area contributed by atoms with Crippen molar-refractivity contribution in [2.24, 2.45) is 0 Å². The lowest BCUT2D eigenvalue weighted by Crippen LogP contribution is -2.80. The molecule has 3 nitrogen and oxygen atoms in total. The Labute approximate surface area is 128 Å². The van der Waals surface area contributed by atoms with Crippen LogP contribution in [0.4, 0.5) is 0 Å². The van der Waals surface area contributed by atoms with Crippen molar-refractivity contribution in [3.05, 3.63) is 76.4 Å². The molecule has 0 spiro atoms. The molecule has 0 aliphatic heterocycles. The number of rotatable bonds is 7. The number of hydrogen-bond acceptors (Lipinski definition) is 3. The van der Waals surface area contributed by atoms with Gasteiger partial charge < -0.3 is 14.5 Å². The van der Waals surface area contributed by atoms with Gasteiger partial charge in [-0.25, -0.2) is 0 Å². The van der Waals surface area contributed by atoms with E-state index in [2.05, 4.69) is 28.9 Å². The highest BCUT2D eigenvalue weighted by Crippen LogP contribution is 2.16. The molecule has 0 unspecified atom stereocenters. The first-order valence-electron chi connectivity index (χ1n) is 6.98. The summed E-state index contributed by atoms with van der Waals surface area (Å²) in [6.07, 6.45) is 1.71. The zero-order valence-corrected chi connectivity index (χ0v) is 12.5. The molecule has 0 aliphatic rings. The molecule has 2 heterocycles. The van der Waals surface area contributed by atoms with E-state index in [0.29, 0.717) is 6.61 Å². The number of ether oxygens (including phenoxy) is 1. The van der Waals surface area contributed by atoms with E-state index in [1.165, 1.54) is 10.4 Å². The fraction of sp³-hybridized carbons (Fsp3) is 0.176. The number of thiophene rings is 1. The largest absolute Gasteiger partial charge is 0.488 e. The van der Waals surface area contributed by atoms with Gasteiger partial charge in [-0.3, -0.25) is 0 Å². The molecule has 0 bridgehead atoms. The van der Waals surface area contributed by atoms with Gasteiger partial charge in [0.2, 0.25) is 0 Å². The Balaban J connectivity index is 1.45. The lowest BCUT2D eigenvalue weighted by Gasteiger charge is -2.05. The normalized spacial score (nSPS) is 10.7. The van der Waals surface area contributed by atoms with E-state index in [4.69, 9.17) is 9.15 Å². The summed E-state index contributed by atoms with van der Waals surface area (Å²) in [6, 6.07) is 16.3. The van der Waals surface area contributed by atoms with E-state index in [0.717, 1.165) is 24.6 Å². The van der Waals surface area contributed by atoms with Gasteiger partial charge in [-0.15, -0.1) is 11.3 Å². The SMILES string of the molecule is c1coc(C[NH2+]Cc2ccc(OCc3cccs3)cc2)c1. The minimum atomic E-state index is 0.641. The number of benzene rings is 1. The molecule has 3 aromatic rings. The molecular weight excluding hydrogens is 282 g/mol. The van der Waals surface area contributed by atoms with Crippen LogP contribution in [0.5, 0.6) is 5.75 Å². The maximum atomic E-state index is 5.75. The first-order valence-corrected chi connectivity index (χ1v) is 7.86. The Bertz CT molecular complexity index is 630. The summed E-state index contributed by atoms with van der Waals surface area (Å²) < 4.78 is 11.1. The summed E-state index contributed by atoms with van der Waals surface area (Å²) in [4.78, 5) is 1.24. The van der Waals surface area contributed by atoms with Crippen LogP contribution in [0, 0.1) is 0 Å². The van der Waals surface area contributed by atoms with Crippen LogP contribution in [-0.2, 0) is 19.7 Å². The highest BCUT2D eigenvalue weighted by atomic mass is 32.1. The number of nitrogens with two attached hydrogens (primary N) is 1. The van der Waals surface area contributed by atoms with Gasteiger partial charge in [0.15, 0.2) is 5.76 Å². The van der Waals surface area contributed by atoms with E-state index in [9.17, 15) is 0 Å². The van der Waals surface area contributed by atoms with Gasteiger partial charge in [0, 0.05) is 10.4 Å². The average Bonchev–Trinajstić information content (AvgIpc) is 3.20. The number of furan rings is 1. The molecule has 0 saturated heterocycles. The Morgan fingerprint density at radius 1 is 1.00 bits per heavy atom. The second-order valence-corrected chi connectivity index (χ2v) is 5.82. The van der Waals surface area contributed by atoms with Crippen LogP contribution in [0.25, 0.3) is 0 Å². The van der Waals surface area contributed by atoms with Gasteiger partial charge in [0.25, 0.3) is 0 Å². The molecule has 1 aromatic carbocycles. The Morgan fingerprint density at radius 3 is 2.62 bits per heavy atom. The van der Waals surface area contributed by atoms with Crippen LogP contribution < -0.4 is 10.1 Å². The minimum absolute atomic E-state index is 0.641. The van der Waals surface area contributed by atoms with E-state index in [1.807, 2.05) is 30.3 Å². The fourth-order valence-corrected chi connectivity index (χ4v) is 2.70. The molecule has 0 fully saturated rings. The standard InChI is InChI=1S/C17H17NO2S/c1-3-16(19-9-1)12-18-11-14-5-7-15(8-6-14)20-13-17-4-2-10-21-17/h1-10,18H,11-13H2/p+1. The predicted molar refractivity (Wildman–Crippen MR) is 83.1 cm³/mol. The first-order chi connectivity index (χ1) is 10.4. The van der Waals surface area contributed by atoms with Crippen molar-refractivity contribution in [1.29, 1.82) is 0 Å². The lowest BCUT2D eigenvalue weighted by atomic mass is 10.2. The van der Waals surface area contributed by atoms with E-state index < -0.39 is 0 Å².